The molecule has 94 valence electrons. The van der Waals surface area contributed by atoms with Gasteiger partial charge >= 0.3 is 5.97 Å². The van der Waals surface area contributed by atoms with Crippen LogP contribution in [0.2, 0.25) is 0 Å². The number of aliphatic hydroxyl groups excluding tert-OH is 1. The lowest BCUT2D eigenvalue weighted by atomic mass is 9.99. The number of β-amino-alcohol motifs (C(OH)–C–C–N with tert-alkyl or cyclic N) is 1. The van der Waals surface area contributed by atoms with E-state index in [1.807, 2.05) is 4.90 Å². The van der Waals surface area contributed by atoms with Gasteiger partial charge < -0.3 is 14.9 Å². The first-order valence-corrected chi connectivity index (χ1v) is 5.67. The molecule has 0 saturated carbocycles. The highest BCUT2D eigenvalue weighted by Gasteiger charge is 2.36. The number of piperidine rings is 1. The summed E-state index contributed by atoms with van der Waals surface area (Å²) in [7, 11) is 1.26. The van der Waals surface area contributed by atoms with Crippen molar-refractivity contribution in [3.05, 3.63) is 0 Å². The third-order valence-corrected chi connectivity index (χ3v) is 3.10. The normalized spacial score (nSPS) is 26.1. The van der Waals surface area contributed by atoms with Crippen molar-refractivity contribution in [1.82, 2.24) is 4.90 Å². The molecule has 2 atom stereocenters. The molecule has 2 N–H and O–H groups in total. The van der Waals surface area contributed by atoms with Gasteiger partial charge in [0.1, 0.15) is 0 Å². The number of nitrogens with zero attached hydrogens (tertiary/aromatic N) is 1. The second kappa shape index (κ2) is 5.61. The molecule has 1 aliphatic rings. The third-order valence-electron chi connectivity index (χ3n) is 3.10. The van der Waals surface area contributed by atoms with E-state index >= 15 is 0 Å². The molecule has 5 nitrogen and oxygen atoms in total. The summed E-state index contributed by atoms with van der Waals surface area (Å²) in [4.78, 5) is 13.3. The smallest absolute Gasteiger partial charge is 0.338 e. The van der Waals surface area contributed by atoms with Crippen LogP contribution in [0.5, 0.6) is 0 Å². The molecule has 0 aromatic heterocycles. The minimum atomic E-state index is -1.50. The summed E-state index contributed by atoms with van der Waals surface area (Å²) < 4.78 is 4.55. The number of esters is 1. The highest BCUT2D eigenvalue weighted by atomic mass is 16.5. The monoisotopic (exact) mass is 231 g/mol. The first kappa shape index (κ1) is 13.4. The van der Waals surface area contributed by atoms with Crippen LogP contribution < -0.4 is 0 Å². The predicted octanol–water partition coefficient (Wildman–Crippen LogP) is -0.243. The van der Waals surface area contributed by atoms with Gasteiger partial charge in [-0.2, -0.15) is 0 Å². The SMILES string of the molecule is COC(=O)C(C)(O)CN1CCCCC1CO. The molecule has 0 radical (unpaired) electrons. The molecule has 1 saturated heterocycles. The highest BCUT2D eigenvalue weighted by Crippen LogP contribution is 2.19. The average molecular weight is 231 g/mol. The van der Waals surface area contributed by atoms with E-state index in [4.69, 9.17) is 0 Å². The van der Waals surface area contributed by atoms with Crippen LogP contribution in [0.3, 0.4) is 0 Å². The summed E-state index contributed by atoms with van der Waals surface area (Å²) in [6.07, 6.45) is 3.03. The molecule has 0 amide bonds. The zero-order valence-corrected chi connectivity index (χ0v) is 9.98. The van der Waals surface area contributed by atoms with Crippen molar-refractivity contribution >= 4 is 5.97 Å². The van der Waals surface area contributed by atoms with Crippen molar-refractivity contribution in [3.63, 3.8) is 0 Å². The highest BCUT2D eigenvalue weighted by molar-refractivity contribution is 5.78. The Bertz CT molecular complexity index is 242. The molecule has 1 rings (SSSR count). The van der Waals surface area contributed by atoms with Gasteiger partial charge in [-0.25, -0.2) is 4.79 Å². The number of hydrogen-bond donors (Lipinski definition) is 2. The molecule has 2 unspecified atom stereocenters. The molecule has 0 aliphatic carbocycles. The summed E-state index contributed by atoms with van der Waals surface area (Å²) >= 11 is 0. The molecule has 1 heterocycles. The van der Waals surface area contributed by atoms with Crippen LogP contribution in [0.4, 0.5) is 0 Å². The Hall–Kier alpha value is -0.650. The molecule has 0 bridgehead atoms. The maximum atomic E-state index is 11.3. The summed E-state index contributed by atoms with van der Waals surface area (Å²) in [5, 5.41) is 19.2. The molecule has 0 aromatic carbocycles. The first-order chi connectivity index (χ1) is 7.51. The molecule has 5 heteroatoms. The van der Waals surface area contributed by atoms with Gasteiger partial charge in [0.2, 0.25) is 0 Å². The third kappa shape index (κ3) is 3.17. The summed E-state index contributed by atoms with van der Waals surface area (Å²) in [5.74, 6) is -0.630. The number of carbonyl (C=O) groups excluding carboxylic acids is 1. The van der Waals surface area contributed by atoms with Gasteiger partial charge in [0.15, 0.2) is 5.60 Å². The Morgan fingerprint density at radius 2 is 2.25 bits per heavy atom. The molecule has 0 spiro atoms. The van der Waals surface area contributed by atoms with E-state index in [1.54, 1.807) is 0 Å². The first-order valence-electron chi connectivity index (χ1n) is 5.67. The van der Waals surface area contributed by atoms with Crippen LogP contribution in [-0.4, -0.2) is 59.5 Å². The topological polar surface area (TPSA) is 70.0 Å². The number of methoxy groups -OCH3 is 1. The average Bonchev–Trinajstić information content (AvgIpc) is 2.28. The number of rotatable bonds is 4. The quantitative estimate of drug-likeness (QED) is 0.653. The van der Waals surface area contributed by atoms with Crippen LogP contribution in [0.15, 0.2) is 0 Å². The number of hydrogen-bond acceptors (Lipinski definition) is 5. The van der Waals surface area contributed by atoms with E-state index in [2.05, 4.69) is 4.74 Å². The van der Waals surface area contributed by atoms with Crippen LogP contribution >= 0.6 is 0 Å². The van der Waals surface area contributed by atoms with Crippen LogP contribution in [0, 0.1) is 0 Å². The van der Waals surface area contributed by atoms with Crippen molar-refractivity contribution in [2.24, 2.45) is 0 Å². The minimum absolute atomic E-state index is 0.0462. The molecule has 0 aromatic rings. The van der Waals surface area contributed by atoms with E-state index in [9.17, 15) is 15.0 Å². The van der Waals surface area contributed by atoms with Crippen molar-refractivity contribution < 1.29 is 19.7 Å². The fraction of sp³-hybridized carbons (Fsp3) is 0.909. The van der Waals surface area contributed by atoms with Gasteiger partial charge in [-0.05, 0) is 26.3 Å². The fourth-order valence-electron chi connectivity index (χ4n) is 2.15. The Morgan fingerprint density at radius 1 is 1.56 bits per heavy atom. The second-order valence-corrected chi connectivity index (χ2v) is 4.57. The van der Waals surface area contributed by atoms with Gasteiger partial charge in [0.05, 0.1) is 13.7 Å². The van der Waals surface area contributed by atoms with Crippen LogP contribution in [0.25, 0.3) is 0 Å². The largest absolute Gasteiger partial charge is 0.467 e. The zero-order valence-electron chi connectivity index (χ0n) is 9.98. The number of likely N-dealkylation sites (tertiary alicyclic amines) is 1. The number of aliphatic hydroxyl groups is 2. The van der Waals surface area contributed by atoms with Gasteiger partial charge in [-0.3, -0.25) is 4.90 Å². The van der Waals surface area contributed by atoms with Gasteiger partial charge in [-0.1, -0.05) is 6.42 Å². The van der Waals surface area contributed by atoms with E-state index in [0.29, 0.717) is 0 Å². The van der Waals surface area contributed by atoms with E-state index < -0.39 is 11.6 Å². The van der Waals surface area contributed by atoms with Gasteiger partial charge in [0.25, 0.3) is 0 Å². The van der Waals surface area contributed by atoms with Crippen molar-refractivity contribution in [1.29, 1.82) is 0 Å². The maximum absolute atomic E-state index is 11.3. The number of ether oxygens (including phenoxy) is 1. The molecular weight excluding hydrogens is 210 g/mol. The van der Waals surface area contributed by atoms with E-state index in [-0.39, 0.29) is 19.2 Å². The summed E-state index contributed by atoms with van der Waals surface area (Å²) in [5.41, 5.74) is -1.50. The molecular formula is C11H21NO4. The van der Waals surface area contributed by atoms with Crippen molar-refractivity contribution in [3.8, 4) is 0 Å². The zero-order chi connectivity index (χ0) is 12.2. The lowest BCUT2D eigenvalue weighted by molar-refractivity contribution is -0.163. The molecule has 16 heavy (non-hydrogen) atoms. The standard InChI is InChI=1S/C11H21NO4/c1-11(15,10(14)16-2)8-12-6-4-3-5-9(12)7-13/h9,13,15H,3-8H2,1-2H3. The molecule has 1 fully saturated rings. The van der Waals surface area contributed by atoms with Crippen LogP contribution in [0.1, 0.15) is 26.2 Å². The second-order valence-electron chi connectivity index (χ2n) is 4.57. The fourth-order valence-corrected chi connectivity index (χ4v) is 2.15. The number of carbonyl (C=O) groups is 1. The lowest BCUT2D eigenvalue weighted by Gasteiger charge is -2.37. The lowest BCUT2D eigenvalue weighted by Crippen LogP contribution is -2.53. The Balaban J connectivity index is 2.60. The van der Waals surface area contributed by atoms with E-state index in [0.717, 1.165) is 25.8 Å². The summed E-state index contributed by atoms with van der Waals surface area (Å²) in [6.45, 7) is 2.53. The predicted molar refractivity (Wildman–Crippen MR) is 58.9 cm³/mol. The van der Waals surface area contributed by atoms with Crippen molar-refractivity contribution in [2.45, 2.75) is 37.8 Å². The minimum Gasteiger partial charge on any atom is -0.467 e. The Kier molecular flexibility index (Phi) is 4.70. The van der Waals surface area contributed by atoms with Crippen LogP contribution in [-0.2, 0) is 9.53 Å². The van der Waals surface area contributed by atoms with Crippen molar-refractivity contribution in [2.75, 3.05) is 26.8 Å². The Labute approximate surface area is 96.0 Å². The summed E-state index contributed by atoms with van der Waals surface area (Å²) in [6, 6.07) is 0.0462. The van der Waals surface area contributed by atoms with Gasteiger partial charge in [-0.15, -0.1) is 0 Å². The van der Waals surface area contributed by atoms with Gasteiger partial charge in [0, 0.05) is 12.6 Å². The maximum Gasteiger partial charge on any atom is 0.338 e. The molecule has 1 aliphatic heterocycles. The van der Waals surface area contributed by atoms with E-state index in [1.165, 1.54) is 14.0 Å². The Morgan fingerprint density at radius 3 is 2.81 bits per heavy atom.